The minimum atomic E-state index is -0.114. The topological polar surface area (TPSA) is 54.0 Å². The molecule has 1 aromatic carbocycles. The number of nitrogens with one attached hydrogen (secondary N) is 2. The molecule has 21 heavy (non-hydrogen) atoms. The van der Waals surface area contributed by atoms with Crippen LogP contribution < -0.4 is 10.6 Å². The van der Waals surface area contributed by atoms with Crippen LogP contribution in [0.25, 0.3) is 0 Å². The fraction of sp³-hybridized carbons (Fsp3) is 0.250. The summed E-state index contributed by atoms with van der Waals surface area (Å²) in [7, 11) is 0. The van der Waals surface area contributed by atoms with Gasteiger partial charge in [-0.1, -0.05) is 18.5 Å². The van der Waals surface area contributed by atoms with Gasteiger partial charge in [-0.15, -0.1) is 0 Å². The number of hydrogen-bond donors (Lipinski definition) is 2. The Labute approximate surface area is 129 Å². The molecule has 0 bridgehead atoms. The molecule has 1 atom stereocenters. The predicted octanol–water partition coefficient (Wildman–Crippen LogP) is 4.01. The molecule has 0 saturated carbocycles. The predicted molar refractivity (Wildman–Crippen MR) is 86.2 cm³/mol. The molecule has 110 valence electrons. The molecule has 0 fully saturated rings. The Morgan fingerprint density at radius 1 is 1.24 bits per heavy atom. The first kappa shape index (κ1) is 15.3. The van der Waals surface area contributed by atoms with E-state index in [1.165, 1.54) is 0 Å². The van der Waals surface area contributed by atoms with Gasteiger partial charge in [-0.3, -0.25) is 9.78 Å². The second-order valence-electron chi connectivity index (χ2n) is 4.88. The van der Waals surface area contributed by atoms with Crippen molar-refractivity contribution in [3.05, 3.63) is 53.3 Å². The Hall–Kier alpha value is -2.07. The summed E-state index contributed by atoms with van der Waals surface area (Å²) < 4.78 is 0. The molecule has 2 N–H and O–H groups in total. The fourth-order valence-electron chi connectivity index (χ4n) is 1.74. The van der Waals surface area contributed by atoms with E-state index in [1.54, 1.807) is 30.6 Å². The maximum absolute atomic E-state index is 12.1. The van der Waals surface area contributed by atoms with Gasteiger partial charge in [0.2, 0.25) is 0 Å². The van der Waals surface area contributed by atoms with Gasteiger partial charge in [-0.2, -0.15) is 0 Å². The molecule has 0 saturated heterocycles. The molecule has 2 rings (SSSR count). The minimum Gasteiger partial charge on any atom is -0.354 e. The minimum absolute atomic E-state index is 0.114. The number of carbonyl (C=O) groups is 1. The number of pyridine rings is 1. The van der Waals surface area contributed by atoms with Gasteiger partial charge in [0.25, 0.3) is 5.91 Å². The average Bonchev–Trinajstić information content (AvgIpc) is 2.49. The maximum atomic E-state index is 12.1. The van der Waals surface area contributed by atoms with E-state index in [0.29, 0.717) is 10.6 Å². The summed E-state index contributed by atoms with van der Waals surface area (Å²) in [6.45, 7) is 4.00. The summed E-state index contributed by atoms with van der Waals surface area (Å²) in [4.78, 5) is 16.2. The normalized spacial score (nSPS) is 11.8. The van der Waals surface area contributed by atoms with Crippen LogP contribution in [0.4, 0.5) is 11.4 Å². The largest absolute Gasteiger partial charge is 0.354 e. The summed E-state index contributed by atoms with van der Waals surface area (Å²) in [5, 5.41) is 6.79. The van der Waals surface area contributed by atoms with Gasteiger partial charge in [0.1, 0.15) is 0 Å². The first-order chi connectivity index (χ1) is 10.1. The van der Waals surface area contributed by atoms with Crippen molar-refractivity contribution in [1.29, 1.82) is 0 Å². The lowest BCUT2D eigenvalue weighted by atomic mass is 10.2. The Morgan fingerprint density at radius 2 is 1.95 bits per heavy atom. The van der Waals surface area contributed by atoms with Crippen molar-refractivity contribution in [2.45, 2.75) is 26.3 Å². The lowest BCUT2D eigenvalue weighted by Gasteiger charge is -2.12. The first-order valence-electron chi connectivity index (χ1n) is 6.87. The summed E-state index contributed by atoms with van der Waals surface area (Å²) in [6.07, 6.45) is 4.13. The third-order valence-corrected chi connectivity index (χ3v) is 3.38. The maximum Gasteiger partial charge on any atom is 0.253 e. The fourth-order valence-corrected chi connectivity index (χ4v) is 1.87. The zero-order valence-corrected chi connectivity index (χ0v) is 12.8. The highest BCUT2D eigenvalue weighted by Gasteiger charge is 2.09. The van der Waals surface area contributed by atoms with E-state index in [1.807, 2.05) is 26.0 Å². The average molecular weight is 304 g/mol. The smallest absolute Gasteiger partial charge is 0.253 e. The van der Waals surface area contributed by atoms with Crippen molar-refractivity contribution in [2.75, 3.05) is 5.32 Å². The molecule has 0 radical (unpaired) electrons. The SMILES string of the molecule is CCC(C)NC(=O)c1cncc(Nc2ccc(Cl)cc2)c1. The van der Waals surface area contributed by atoms with Crippen molar-refractivity contribution in [1.82, 2.24) is 10.3 Å². The molecule has 1 heterocycles. The molecule has 1 unspecified atom stereocenters. The van der Waals surface area contributed by atoms with Crippen LogP contribution in [0.5, 0.6) is 0 Å². The summed E-state index contributed by atoms with van der Waals surface area (Å²) in [5.74, 6) is -0.114. The third-order valence-electron chi connectivity index (χ3n) is 3.12. The lowest BCUT2D eigenvalue weighted by molar-refractivity contribution is 0.0939. The van der Waals surface area contributed by atoms with Crippen molar-refractivity contribution >= 4 is 28.9 Å². The van der Waals surface area contributed by atoms with E-state index < -0.39 is 0 Å². The Morgan fingerprint density at radius 3 is 2.62 bits per heavy atom. The van der Waals surface area contributed by atoms with Crippen LogP contribution in [0.1, 0.15) is 30.6 Å². The Kier molecular flexibility index (Phi) is 5.17. The first-order valence-corrected chi connectivity index (χ1v) is 7.24. The van der Waals surface area contributed by atoms with E-state index in [0.717, 1.165) is 17.8 Å². The number of rotatable bonds is 5. The zero-order valence-electron chi connectivity index (χ0n) is 12.1. The van der Waals surface area contributed by atoms with Crippen molar-refractivity contribution in [2.24, 2.45) is 0 Å². The molecule has 0 aliphatic heterocycles. The second-order valence-corrected chi connectivity index (χ2v) is 5.31. The molecular formula is C16H18ClN3O. The van der Waals surface area contributed by atoms with E-state index >= 15 is 0 Å². The Balaban J connectivity index is 2.10. The number of hydrogen-bond acceptors (Lipinski definition) is 3. The highest BCUT2D eigenvalue weighted by molar-refractivity contribution is 6.30. The molecule has 4 nitrogen and oxygen atoms in total. The van der Waals surface area contributed by atoms with Crippen LogP contribution in [-0.2, 0) is 0 Å². The molecule has 2 aromatic rings. The molecule has 5 heteroatoms. The van der Waals surface area contributed by atoms with Crippen LogP contribution in [-0.4, -0.2) is 16.9 Å². The number of carbonyl (C=O) groups excluding carboxylic acids is 1. The highest BCUT2D eigenvalue weighted by atomic mass is 35.5. The summed E-state index contributed by atoms with van der Waals surface area (Å²) in [6, 6.07) is 9.26. The highest BCUT2D eigenvalue weighted by Crippen LogP contribution is 2.19. The van der Waals surface area contributed by atoms with Crippen LogP contribution >= 0.6 is 11.6 Å². The van der Waals surface area contributed by atoms with E-state index in [9.17, 15) is 4.79 Å². The lowest BCUT2D eigenvalue weighted by Crippen LogP contribution is -2.31. The quantitative estimate of drug-likeness (QED) is 0.877. The van der Waals surface area contributed by atoms with Gasteiger partial charge in [-0.05, 0) is 43.7 Å². The van der Waals surface area contributed by atoms with E-state index in [-0.39, 0.29) is 11.9 Å². The summed E-state index contributed by atoms with van der Waals surface area (Å²) in [5.41, 5.74) is 2.18. The Bertz CT molecular complexity index is 613. The number of halogens is 1. The zero-order chi connectivity index (χ0) is 15.2. The standard InChI is InChI=1S/C16H18ClN3O/c1-3-11(2)19-16(21)12-8-15(10-18-9-12)20-14-6-4-13(17)5-7-14/h4-11,20H,3H2,1-2H3,(H,19,21). The van der Waals surface area contributed by atoms with Gasteiger partial charge in [0.05, 0.1) is 17.4 Å². The van der Waals surface area contributed by atoms with Crippen LogP contribution in [0.15, 0.2) is 42.7 Å². The van der Waals surface area contributed by atoms with Crippen molar-refractivity contribution in [3.8, 4) is 0 Å². The molecule has 1 amide bonds. The molecule has 0 aliphatic rings. The number of nitrogens with zero attached hydrogens (tertiary/aromatic N) is 1. The van der Waals surface area contributed by atoms with Crippen LogP contribution in [0.3, 0.4) is 0 Å². The third kappa shape index (κ3) is 4.46. The number of anilines is 2. The van der Waals surface area contributed by atoms with Gasteiger partial charge in [0, 0.05) is 22.9 Å². The number of aromatic nitrogens is 1. The number of amides is 1. The van der Waals surface area contributed by atoms with Gasteiger partial charge < -0.3 is 10.6 Å². The van der Waals surface area contributed by atoms with Gasteiger partial charge in [-0.25, -0.2) is 0 Å². The molecule has 0 aliphatic carbocycles. The van der Waals surface area contributed by atoms with E-state index in [4.69, 9.17) is 11.6 Å². The van der Waals surface area contributed by atoms with Crippen molar-refractivity contribution in [3.63, 3.8) is 0 Å². The number of benzene rings is 1. The molecular weight excluding hydrogens is 286 g/mol. The van der Waals surface area contributed by atoms with Gasteiger partial charge in [0.15, 0.2) is 0 Å². The summed E-state index contributed by atoms with van der Waals surface area (Å²) >= 11 is 5.85. The van der Waals surface area contributed by atoms with Gasteiger partial charge >= 0.3 is 0 Å². The monoisotopic (exact) mass is 303 g/mol. The van der Waals surface area contributed by atoms with Crippen molar-refractivity contribution < 1.29 is 4.79 Å². The van der Waals surface area contributed by atoms with Crippen LogP contribution in [0, 0.1) is 0 Å². The molecule has 1 aromatic heterocycles. The van der Waals surface area contributed by atoms with Crippen LogP contribution in [0.2, 0.25) is 5.02 Å². The second kappa shape index (κ2) is 7.09. The van der Waals surface area contributed by atoms with E-state index in [2.05, 4.69) is 15.6 Å². The molecule has 0 spiro atoms.